The second-order valence-corrected chi connectivity index (χ2v) is 6.12. The molecule has 1 aliphatic heterocycles. The zero-order valence-electron chi connectivity index (χ0n) is 9.42. The molecule has 1 unspecified atom stereocenters. The van der Waals surface area contributed by atoms with Crippen molar-refractivity contribution in [3.05, 3.63) is 33.0 Å². The van der Waals surface area contributed by atoms with E-state index >= 15 is 0 Å². The lowest BCUT2D eigenvalue weighted by Crippen LogP contribution is -2.32. The number of aldehydes is 1. The molecule has 1 atom stereocenters. The van der Waals surface area contributed by atoms with Crippen LogP contribution in [0, 0.1) is 0 Å². The molecule has 0 saturated carbocycles. The summed E-state index contributed by atoms with van der Waals surface area (Å²) in [6.45, 7) is 3.19. The van der Waals surface area contributed by atoms with Gasteiger partial charge in [0.2, 0.25) is 0 Å². The fourth-order valence-electron chi connectivity index (χ4n) is 2.24. The van der Waals surface area contributed by atoms with Crippen molar-refractivity contribution < 1.29 is 4.79 Å². The number of carbonyl (C=O) groups is 1. The first kappa shape index (κ1) is 10.9. The number of thiazole rings is 1. The van der Waals surface area contributed by atoms with Gasteiger partial charge < -0.3 is 4.90 Å². The molecule has 88 valence electrons. The Morgan fingerprint density at radius 1 is 1.59 bits per heavy atom. The van der Waals surface area contributed by atoms with Crippen LogP contribution in [0.2, 0.25) is 0 Å². The number of rotatable bonds is 2. The van der Waals surface area contributed by atoms with Crippen molar-refractivity contribution in [3.8, 4) is 0 Å². The number of carbonyl (C=O) groups excluding carboxylic acids is 1. The van der Waals surface area contributed by atoms with Gasteiger partial charge in [-0.15, -0.1) is 11.3 Å². The molecule has 0 spiro atoms. The average molecular weight is 264 g/mol. The zero-order valence-corrected chi connectivity index (χ0v) is 11.1. The molecule has 0 N–H and O–H groups in total. The molecule has 3 rings (SSSR count). The van der Waals surface area contributed by atoms with Crippen LogP contribution in [0.15, 0.2) is 17.6 Å². The Kier molecular flexibility index (Phi) is 2.72. The summed E-state index contributed by atoms with van der Waals surface area (Å²) in [7, 11) is 0. The first-order valence-corrected chi connectivity index (χ1v) is 7.23. The first-order chi connectivity index (χ1) is 8.29. The maximum Gasteiger partial charge on any atom is 0.186 e. The molecular formula is C12H12N2OS2. The van der Waals surface area contributed by atoms with Crippen molar-refractivity contribution >= 4 is 34.1 Å². The molecule has 3 nitrogen and oxygen atoms in total. The van der Waals surface area contributed by atoms with Gasteiger partial charge in [0.15, 0.2) is 11.4 Å². The second kappa shape index (κ2) is 4.23. The fourth-order valence-corrected chi connectivity index (χ4v) is 4.03. The number of anilines is 1. The number of aromatic nitrogens is 1. The number of hydrogen-bond donors (Lipinski definition) is 0. The van der Waals surface area contributed by atoms with Gasteiger partial charge >= 0.3 is 0 Å². The van der Waals surface area contributed by atoms with Gasteiger partial charge in [-0.1, -0.05) is 11.3 Å². The average Bonchev–Trinajstić information content (AvgIpc) is 2.97. The van der Waals surface area contributed by atoms with Crippen LogP contribution in [0.1, 0.15) is 33.1 Å². The quantitative estimate of drug-likeness (QED) is 0.781. The van der Waals surface area contributed by atoms with Crippen molar-refractivity contribution in [2.24, 2.45) is 0 Å². The molecule has 0 fully saturated rings. The molecule has 0 saturated heterocycles. The molecular weight excluding hydrogens is 252 g/mol. The van der Waals surface area contributed by atoms with Gasteiger partial charge in [0.25, 0.3) is 0 Å². The van der Waals surface area contributed by atoms with Gasteiger partial charge in [-0.05, 0) is 30.4 Å². The number of nitrogens with zero attached hydrogens (tertiary/aromatic N) is 2. The monoisotopic (exact) mass is 264 g/mol. The van der Waals surface area contributed by atoms with Crippen molar-refractivity contribution in [2.75, 3.05) is 11.4 Å². The molecule has 0 amide bonds. The normalized spacial score (nSPS) is 19.1. The molecule has 0 bridgehead atoms. The van der Waals surface area contributed by atoms with E-state index in [4.69, 9.17) is 0 Å². The van der Waals surface area contributed by atoms with E-state index in [0.717, 1.165) is 24.4 Å². The summed E-state index contributed by atoms with van der Waals surface area (Å²) in [5.74, 6) is 0. The van der Waals surface area contributed by atoms with Crippen LogP contribution in [0.4, 0.5) is 5.13 Å². The van der Waals surface area contributed by atoms with Crippen LogP contribution in [0.5, 0.6) is 0 Å². The minimum absolute atomic E-state index is 0.357. The predicted molar refractivity (Wildman–Crippen MR) is 71.3 cm³/mol. The van der Waals surface area contributed by atoms with Crippen molar-refractivity contribution in [1.82, 2.24) is 4.98 Å². The molecule has 0 aliphatic carbocycles. The largest absolute Gasteiger partial charge is 0.341 e. The third-order valence-electron chi connectivity index (χ3n) is 3.15. The van der Waals surface area contributed by atoms with Gasteiger partial charge in [-0.25, -0.2) is 4.98 Å². The van der Waals surface area contributed by atoms with Crippen LogP contribution in [0.3, 0.4) is 0 Å². The standard InChI is InChI=1S/C12H12N2OS2/c1-8-10-3-5-16-11(10)2-4-14(8)12-13-6-9(7-15)17-12/h3,5-8H,2,4H2,1H3. The first-order valence-electron chi connectivity index (χ1n) is 5.53. The summed E-state index contributed by atoms with van der Waals surface area (Å²) in [6, 6.07) is 2.56. The highest BCUT2D eigenvalue weighted by Crippen LogP contribution is 2.37. The van der Waals surface area contributed by atoms with E-state index in [9.17, 15) is 4.79 Å². The molecule has 2 aromatic heterocycles. The van der Waals surface area contributed by atoms with Gasteiger partial charge in [0.05, 0.1) is 17.1 Å². The minimum Gasteiger partial charge on any atom is -0.341 e. The van der Waals surface area contributed by atoms with Crippen LogP contribution in [-0.4, -0.2) is 17.8 Å². The lowest BCUT2D eigenvalue weighted by molar-refractivity contribution is 0.112. The number of fused-ring (bicyclic) bond motifs is 1. The highest BCUT2D eigenvalue weighted by atomic mass is 32.1. The fraction of sp³-hybridized carbons (Fsp3) is 0.333. The third-order valence-corrected chi connectivity index (χ3v) is 5.11. The topological polar surface area (TPSA) is 33.2 Å². The minimum atomic E-state index is 0.357. The predicted octanol–water partition coefficient (Wildman–Crippen LogP) is 3.14. The van der Waals surface area contributed by atoms with Crippen LogP contribution >= 0.6 is 22.7 Å². The smallest absolute Gasteiger partial charge is 0.186 e. The van der Waals surface area contributed by atoms with Gasteiger partial charge in [-0.2, -0.15) is 0 Å². The Hall–Kier alpha value is -1.20. The SMILES string of the molecule is CC1c2ccsc2CCN1c1ncc(C=O)s1. The second-order valence-electron chi connectivity index (χ2n) is 4.08. The summed E-state index contributed by atoms with van der Waals surface area (Å²) < 4.78 is 0. The van der Waals surface area contributed by atoms with Crippen molar-refractivity contribution in [3.63, 3.8) is 0 Å². The van der Waals surface area contributed by atoms with E-state index in [2.05, 4.69) is 28.3 Å². The van der Waals surface area contributed by atoms with E-state index in [-0.39, 0.29) is 0 Å². The molecule has 0 aromatic carbocycles. The molecule has 2 aromatic rings. The lowest BCUT2D eigenvalue weighted by Gasteiger charge is -2.33. The highest BCUT2D eigenvalue weighted by Gasteiger charge is 2.26. The molecule has 3 heterocycles. The van der Waals surface area contributed by atoms with Gasteiger partial charge in [-0.3, -0.25) is 4.79 Å². The van der Waals surface area contributed by atoms with E-state index < -0.39 is 0 Å². The van der Waals surface area contributed by atoms with Gasteiger partial charge in [0.1, 0.15) is 0 Å². The Labute approximate surface area is 108 Å². The van der Waals surface area contributed by atoms with E-state index in [1.165, 1.54) is 21.8 Å². The Morgan fingerprint density at radius 3 is 3.24 bits per heavy atom. The Balaban J connectivity index is 1.93. The van der Waals surface area contributed by atoms with Crippen molar-refractivity contribution in [2.45, 2.75) is 19.4 Å². The third kappa shape index (κ3) is 1.79. The summed E-state index contributed by atoms with van der Waals surface area (Å²) >= 11 is 3.31. The summed E-state index contributed by atoms with van der Waals surface area (Å²) in [5, 5.41) is 3.11. The summed E-state index contributed by atoms with van der Waals surface area (Å²) in [4.78, 5) is 19.5. The van der Waals surface area contributed by atoms with Crippen LogP contribution in [0.25, 0.3) is 0 Å². The van der Waals surface area contributed by atoms with E-state index in [0.29, 0.717) is 10.9 Å². The summed E-state index contributed by atoms with van der Waals surface area (Å²) in [6.07, 6.45) is 3.60. The molecule has 17 heavy (non-hydrogen) atoms. The Morgan fingerprint density at radius 2 is 2.47 bits per heavy atom. The maximum atomic E-state index is 10.7. The van der Waals surface area contributed by atoms with E-state index in [1.54, 1.807) is 6.20 Å². The lowest BCUT2D eigenvalue weighted by atomic mass is 10.0. The number of hydrogen-bond acceptors (Lipinski definition) is 5. The molecule has 5 heteroatoms. The van der Waals surface area contributed by atoms with Crippen LogP contribution in [-0.2, 0) is 6.42 Å². The van der Waals surface area contributed by atoms with E-state index in [1.807, 2.05) is 11.3 Å². The zero-order chi connectivity index (χ0) is 11.8. The number of thiophene rings is 1. The molecule has 1 aliphatic rings. The summed E-state index contributed by atoms with van der Waals surface area (Å²) in [5.41, 5.74) is 1.41. The maximum absolute atomic E-state index is 10.7. The van der Waals surface area contributed by atoms with Gasteiger partial charge in [0, 0.05) is 11.4 Å². The highest BCUT2D eigenvalue weighted by molar-refractivity contribution is 7.17. The van der Waals surface area contributed by atoms with Crippen molar-refractivity contribution in [1.29, 1.82) is 0 Å². The Bertz CT molecular complexity index is 546. The molecule has 0 radical (unpaired) electrons. The van der Waals surface area contributed by atoms with Crippen LogP contribution < -0.4 is 4.90 Å².